The summed E-state index contributed by atoms with van der Waals surface area (Å²) in [4.78, 5) is 16.4. The molecule has 0 aliphatic heterocycles. The molecule has 1 aliphatic rings. The van der Waals surface area contributed by atoms with Crippen molar-refractivity contribution < 1.29 is 18.0 Å². The van der Waals surface area contributed by atoms with Gasteiger partial charge in [0, 0.05) is 24.2 Å². The number of hydrogen-bond donors (Lipinski definition) is 0. The number of hydrogen-bond acceptors (Lipinski definition) is 2. The second-order valence-corrected chi connectivity index (χ2v) is 5.76. The van der Waals surface area contributed by atoms with Gasteiger partial charge in [0.1, 0.15) is 5.78 Å². The Hall–Kier alpha value is -1.39. The number of carbonyl (C=O) groups is 1. The number of alkyl halides is 3. The van der Waals surface area contributed by atoms with E-state index in [1.54, 1.807) is 12.3 Å². The van der Waals surface area contributed by atoms with Crippen molar-refractivity contribution in [3.05, 3.63) is 29.6 Å². The van der Waals surface area contributed by atoms with Crippen molar-refractivity contribution in [1.82, 2.24) is 4.98 Å². The van der Waals surface area contributed by atoms with Gasteiger partial charge in [0.15, 0.2) is 0 Å². The maximum Gasteiger partial charge on any atom is 0.391 e. The van der Waals surface area contributed by atoms with Gasteiger partial charge in [0.05, 0.1) is 5.92 Å². The number of ketones is 1. The normalized spacial score (nSPS) is 23.0. The van der Waals surface area contributed by atoms with E-state index in [9.17, 15) is 18.0 Å². The van der Waals surface area contributed by atoms with Crippen LogP contribution in [0.2, 0.25) is 0 Å². The van der Waals surface area contributed by atoms with Gasteiger partial charge in [-0.15, -0.1) is 0 Å². The van der Waals surface area contributed by atoms with Gasteiger partial charge in [-0.3, -0.25) is 9.78 Å². The van der Waals surface area contributed by atoms with Crippen LogP contribution in [0.4, 0.5) is 13.2 Å². The fraction of sp³-hybridized carbons (Fsp3) is 0.625. The molecule has 0 N–H and O–H groups in total. The van der Waals surface area contributed by atoms with E-state index < -0.39 is 18.0 Å². The molecule has 5 heteroatoms. The first kappa shape index (κ1) is 16.0. The van der Waals surface area contributed by atoms with Crippen LogP contribution in [0.25, 0.3) is 0 Å². The quantitative estimate of drug-likeness (QED) is 0.837. The number of nitrogens with zero attached hydrogens (tertiary/aromatic N) is 1. The Labute approximate surface area is 122 Å². The van der Waals surface area contributed by atoms with E-state index >= 15 is 0 Å². The average Bonchev–Trinajstić information content (AvgIpc) is 2.47. The lowest BCUT2D eigenvalue weighted by Gasteiger charge is -2.29. The van der Waals surface area contributed by atoms with Gasteiger partial charge in [0.25, 0.3) is 0 Å². The minimum Gasteiger partial charge on any atom is -0.299 e. The fourth-order valence-electron chi connectivity index (χ4n) is 2.87. The van der Waals surface area contributed by atoms with E-state index in [1.165, 1.54) is 0 Å². The molecule has 0 spiro atoms. The minimum absolute atomic E-state index is 0.0601. The number of carbonyl (C=O) groups excluding carboxylic acids is 1. The third-order valence-corrected chi connectivity index (χ3v) is 4.24. The Bertz CT molecular complexity index is 481. The van der Waals surface area contributed by atoms with E-state index in [4.69, 9.17) is 0 Å². The molecule has 2 atom stereocenters. The van der Waals surface area contributed by atoms with Crippen LogP contribution in [-0.2, 0) is 17.6 Å². The molecule has 116 valence electrons. The van der Waals surface area contributed by atoms with Crippen LogP contribution in [0.1, 0.15) is 43.9 Å². The number of aromatic nitrogens is 1. The highest BCUT2D eigenvalue weighted by atomic mass is 19.4. The second-order valence-electron chi connectivity index (χ2n) is 5.76. The molecule has 0 bridgehead atoms. The van der Waals surface area contributed by atoms with Crippen molar-refractivity contribution in [1.29, 1.82) is 0 Å². The van der Waals surface area contributed by atoms with E-state index in [0.29, 0.717) is 18.5 Å². The summed E-state index contributed by atoms with van der Waals surface area (Å²) >= 11 is 0. The smallest absolute Gasteiger partial charge is 0.299 e. The molecule has 1 aliphatic carbocycles. The Morgan fingerprint density at radius 3 is 2.67 bits per heavy atom. The van der Waals surface area contributed by atoms with Gasteiger partial charge in [-0.1, -0.05) is 19.4 Å². The van der Waals surface area contributed by atoms with E-state index in [1.807, 2.05) is 13.0 Å². The highest BCUT2D eigenvalue weighted by molar-refractivity contribution is 5.83. The van der Waals surface area contributed by atoms with E-state index in [2.05, 4.69) is 4.98 Å². The number of rotatable bonds is 4. The summed E-state index contributed by atoms with van der Waals surface area (Å²) in [6.07, 6.45) is -0.314. The summed E-state index contributed by atoms with van der Waals surface area (Å²) < 4.78 is 38.3. The maximum absolute atomic E-state index is 12.8. The van der Waals surface area contributed by atoms with Crippen LogP contribution in [0.5, 0.6) is 0 Å². The third-order valence-electron chi connectivity index (χ3n) is 4.24. The highest BCUT2D eigenvalue weighted by Crippen LogP contribution is 2.40. The molecule has 1 aromatic rings. The van der Waals surface area contributed by atoms with Crippen molar-refractivity contribution in [2.45, 2.75) is 51.6 Å². The molecular formula is C16H20F3NO. The monoisotopic (exact) mass is 299 g/mol. The molecule has 2 unspecified atom stereocenters. The summed E-state index contributed by atoms with van der Waals surface area (Å²) in [5, 5.41) is 0. The van der Waals surface area contributed by atoms with Crippen LogP contribution in [0.15, 0.2) is 18.3 Å². The lowest BCUT2D eigenvalue weighted by molar-refractivity contribution is -0.186. The Balaban J connectivity index is 1.96. The lowest BCUT2D eigenvalue weighted by Crippen LogP contribution is -2.32. The minimum atomic E-state index is -4.18. The number of aryl methyl sites for hydroxylation is 1. The predicted octanol–water partition coefficient (Wildman–Crippen LogP) is 4.12. The standard InChI is InChI=1S/C16H20F3NO/c1-2-11-6-7-14(20-10-11)9-15(21)12-4-3-5-13(8-12)16(17,18)19/h6-7,10,12-13H,2-5,8-9H2,1H3. The first-order chi connectivity index (χ1) is 9.90. The summed E-state index contributed by atoms with van der Waals surface area (Å²) in [5.74, 6) is -1.91. The summed E-state index contributed by atoms with van der Waals surface area (Å²) in [6, 6.07) is 3.70. The molecule has 0 radical (unpaired) electrons. The number of halogens is 3. The van der Waals surface area contributed by atoms with Crippen molar-refractivity contribution in [3.63, 3.8) is 0 Å². The van der Waals surface area contributed by atoms with E-state index in [0.717, 1.165) is 12.0 Å². The Morgan fingerprint density at radius 2 is 2.10 bits per heavy atom. The highest BCUT2D eigenvalue weighted by Gasteiger charge is 2.43. The van der Waals surface area contributed by atoms with Crippen LogP contribution in [0, 0.1) is 11.8 Å². The molecule has 2 rings (SSSR count). The first-order valence-corrected chi connectivity index (χ1v) is 7.43. The molecule has 1 aromatic heterocycles. The molecular weight excluding hydrogens is 279 g/mol. The molecule has 0 amide bonds. The molecule has 1 fully saturated rings. The Kier molecular flexibility index (Phi) is 5.01. The largest absolute Gasteiger partial charge is 0.391 e. The zero-order valence-electron chi connectivity index (χ0n) is 12.1. The molecule has 21 heavy (non-hydrogen) atoms. The number of Topliss-reactive ketones (excluding diaryl/α,β-unsaturated/α-hetero) is 1. The first-order valence-electron chi connectivity index (χ1n) is 7.43. The van der Waals surface area contributed by atoms with Gasteiger partial charge >= 0.3 is 6.18 Å². The molecule has 0 saturated heterocycles. The Morgan fingerprint density at radius 1 is 1.33 bits per heavy atom. The second kappa shape index (κ2) is 6.58. The van der Waals surface area contributed by atoms with Crippen LogP contribution in [-0.4, -0.2) is 16.9 Å². The van der Waals surface area contributed by atoms with Crippen molar-refractivity contribution >= 4 is 5.78 Å². The maximum atomic E-state index is 12.8. The van der Waals surface area contributed by atoms with Gasteiger partial charge in [-0.05, 0) is 37.3 Å². The average molecular weight is 299 g/mol. The van der Waals surface area contributed by atoms with Gasteiger partial charge < -0.3 is 0 Å². The molecule has 2 nitrogen and oxygen atoms in total. The summed E-state index contributed by atoms with van der Waals surface area (Å²) in [7, 11) is 0. The summed E-state index contributed by atoms with van der Waals surface area (Å²) in [6.45, 7) is 2.02. The molecule has 0 aromatic carbocycles. The van der Waals surface area contributed by atoms with Crippen molar-refractivity contribution in [3.8, 4) is 0 Å². The van der Waals surface area contributed by atoms with Crippen LogP contribution < -0.4 is 0 Å². The third kappa shape index (κ3) is 4.29. The van der Waals surface area contributed by atoms with Crippen molar-refractivity contribution in [2.75, 3.05) is 0 Å². The predicted molar refractivity (Wildman–Crippen MR) is 73.8 cm³/mol. The van der Waals surface area contributed by atoms with Crippen LogP contribution >= 0.6 is 0 Å². The topological polar surface area (TPSA) is 30.0 Å². The van der Waals surface area contributed by atoms with Gasteiger partial charge in [-0.25, -0.2) is 0 Å². The zero-order chi connectivity index (χ0) is 15.5. The van der Waals surface area contributed by atoms with Gasteiger partial charge in [-0.2, -0.15) is 13.2 Å². The lowest BCUT2D eigenvalue weighted by atomic mass is 9.78. The van der Waals surface area contributed by atoms with Crippen LogP contribution in [0.3, 0.4) is 0 Å². The SMILES string of the molecule is CCc1ccc(CC(=O)C2CCCC(C(F)(F)F)C2)nc1. The molecule has 1 heterocycles. The summed E-state index contributed by atoms with van der Waals surface area (Å²) in [5.41, 5.74) is 1.73. The van der Waals surface area contributed by atoms with E-state index in [-0.39, 0.29) is 25.0 Å². The fourth-order valence-corrected chi connectivity index (χ4v) is 2.87. The molecule has 1 saturated carbocycles. The zero-order valence-corrected chi connectivity index (χ0v) is 12.1. The van der Waals surface area contributed by atoms with Crippen molar-refractivity contribution in [2.24, 2.45) is 11.8 Å². The number of pyridine rings is 1. The van der Waals surface area contributed by atoms with Gasteiger partial charge in [0.2, 0.25) is 0 Å².